The van der Waals surface area contributed by atoms with Gasteiger partial charge in [0.15, 0.2) is 22.7 Å². The van der Waals surface area contributed by atoms with Crippen molar-refractivity contribution in [1.29, 1.82) is 0 Å². The van der Waals surface area contributed by atoms with Gasteiger partial charge in [0.25, 0.3) is 0 Å². The minimum atomic E-state index is -0.764. The minimum absolute atomic E-state index is 0.0205. The van der Waals surface area contributed by atoms with E-state index in [1.165, 1.54) is 0 Å². The molecule has 0 spiro atoms. The van der Waals surface area contributed by atoms with Crippen LogP contribution in [0.1, 0.15) is 153 Å². The van der Waals surface area contributed by atoms with Gasteiger partial charge in [-0.25, -0.2) is 9.59 Å². The molecule has 2 fully saturated rings. The number of nitrogens with zero attached hydrogens (tertiary/aromatic N) is 6. The van der Waals surface area contributed by atoms with Crippen LogP contribution in [-0.4, -0.2) is 102 Å². The van der Waals surface area contributed by atoms with Crippen molar-refractivity contribution < 1.29 is 47.7 Å². The number of hydrogen-bond donors (Lipinski definition) is 4. The lowest BCUT2D eigenvalue weighted by molar-refractivity contribution is -0.0505. The van der Waals surface area contributed by atoms with Crippen LogP contribution in [-0.2, 0) is 35.2 Å². The number of amides is 2. The molecular weight excluding hydrogens is 993 g/mol. The molecule has 4 N–H and O–H groups in total. The summed E-state index contributed by atoms with van der Waals surface area (Å²) >= 11 is 0. The second-order valence-electron chi connectivity index (χ2n) is 23.8. The normalized spacial score (nSPS) is 21.7. The molecular formula is C60H80N8O10. The van der Waals surface area contributed by atoms with Gasteiger partial charge in [0.05, 0.1) is 11.2 Å². The van der Waals surface area contributed by atoms with E-state index in [2.05, 4.69) is 54.2 Å². The van der Waals surface area contributed by atoms with Crippen molar-refractivity contribution in [2.24, 2.45) is 23.7 Å². The number of rotatable bonds is 14. The average Bonchev–Trinajstić information content (AvgIpc) is 3.97. The van der Waals surface area contributed by atoms with E-state index in [-0.39, 0.29) is 71.0 Å². The van der Waals surface area contributed by atoms with Crippen LogP contribution in [0.15, 0.2) is 70.3 Å². The fourth-order valence-corrected chi connectivity index (χ4v) is 10.2. The number of Topliss-reactive ketones (excluding diaryl/α,β-unsaturated/α-hetero) is 2. The molecule has 0 saturated carbocycles. The molecule has 2 aliphatic heterocycles. The molecule has 6 atom stereocenters. The Bertz CT molecular complexity index is 2890. The van der Waals surface area contributed by atoms with E-state index in [1.54, 1.807) is 78.7 Å². The zero-order chi connectivity index (χ0) is 57.1. The summed E-state index contributed by atoms with van der Waals surface area (Å²) in [4.78, 5) is 75.1. The number of hydrogen-bond acceptors (Lipinski definition) is 16. The number of aryl methyl sites for hydroxylation is 2. The van der Waals surface area contributed by atoms with Crippen LogP contribution in [0, 0.1) is 23.7 Å². The molecule has 0 bridgehead atoms. The fraction of sp³-hybridized carbons (Fsp3) is 0.533. The number of carbonyl (C=O) groups excluding carboxylic acids is 4. The van der Waals surface area contributed by atoms with Crippen LogP contribution >= 0.6 is 0 Å². The Labute approximate surface area is 458 Å². The topological polar surface area (TPSA) is 236 Å². The van der Waals surface area contributed by atoms with Crippen LogP contribution in [0.4, 0.5) is 32.7 Å². The Hall–Kier alpha value is -6.92. The van der Waals surface area contributed by atoms with E-state index in [9.17, 15) is 29.4 Å². The van der Waals surface area contributed by atoms with E-state index >= 15 is 0 Å². The molecule has 2 unspecified atom stereocenters. The Kier molecular flexibility index (Phi) is 17.8. The monoisotopic (exact) mass is 1070 g/mol. The molecule has 0 radical (unpaired) electrons. The van der Waals surface area contributed by atoms with Gasteiger partial charge in [-0.05, 0) is 104 Å². The van der Waals surface area contributed by atoms with Crippen LogP contribution < -0.4 is 20.4 Å². The predicted octanol–water partition coefficient (Wildman–Crippen LogP) is 11.6. The van der Waals surface area contributed by atoms with Crippen LogP contribution in [0.5, 0.6) is 0 Å². The van der Waals surface area contributed by atoms with Crippen LogP contribution in [0.2, 0.25) is 0 Å². The smallest absolute Gasteiger partial charge is 0.414 e. The summed E-state index contributed by atoms with van der Waals surface area (Å²) in [7, 11) is 0. The van der Waals surface area contributed by atoms with Crippen molar-refractivity contribution in [3.05, 3.63) is 94.8 Å². The van der Waals surface area contributed by atoms with Gasteiger partial charge >= 0.3 is 12.2 Å². The third-order valence-electron chi connectivity index (χ3n) is 15.1. The lowest BCUT2D eigenvalue weighted by atomic mass is 9.76. The van der Waals surface area contributed by atoms with Gasteiger partial charge < -0.3 is 38.3 Å². The third-order valence-corrected chi connectivity index (χ3v) is 15.1. The Balaban J connectivity index is 0.000000226. The molecule has 8 heterocycles. The van der Waals surface area contributed by atoms with Crippen molar-refractivity contribution in [3.63, 3.8) is 0 Å². The van der Waals surface area contributed by atoms with E-state index in [4.69, 9.17) is 18.3 Å². The molecule has 2 aliphatic rings. The lowest BCUT2D eigenvalue weighted by Crippen LogP contribution is -2.55. The average molecular weight is 1070 g/mol. The van der Waals surface area contributed by atoms with E-state index in [0.29, 0.717) is 48.4 Å². The zero-order valence-electron chi connectivity index (χ0n) is 48.0. The maximum absolute atomic E-state index is 13.9. The molecule has 8 rings (SSSR count). The molecule has 18 heteroatoms. The first kappa shape index (κ1) is 58.8. The number of ketones is 2. The van der Waals surface area contributed by atoms with Crippen molar-refractivity contribution in [2.75, 3.05) is 46.6 Å². The van der Waals surface area contributed by atoms with E-state index < -0.39 is 34.6 Å². The summed E-state index contributed by atoms with van der Waals surface area (Å²) in [5.41, 5.74) is 4.39. The highest BCUT2D eigenvalue weighted by atomic mass is 16.6. The quantitative estimate of drug-likeness (QED) is 0.0742. The number of fused-ring (bicyclic) bond motifs is 2. The number of ether oxygens (including phenoxy) is 2. The van der Waals surface area contributed by atoms with Crippen LogP contribution in [0.25, 0.3) is 22.2 Å². The molecule has 18 nitrogen and oxygen atoms in total. The van der Waals surface area contributed by atoms with E-state index in [0.717, 1.165) is 59.3 Å². The van der Waals surface area contributed by atoms with Gasteiger partial charge in [-0.2, -0.15) is 0 Å². The molecule has 6 aromatic heterocycles. The first-order valence-electron chi connectivity index (χ1n) is 27.3. The predicted molar refractivity (Wildman–Crippen MR) is 303 cm³/mol. The largest absolute Gasteiger partial charge is 0.444 e. The van der Waals surface area contributed by atoms with Gasteiger partial charge in [-0.3, -0.25) is 40.2 Å². The van der Waals surface area contributed by atoms with Gasteiger partial charge in [0.1, 0.15) is 33.4 Å². The van der Waals surface area contributed by atoms with Crippen molar-refractivity contribution in [3.8, 4) is 0 Å². The highest BCUT2D eigenvalue weighted by Crippen LogP contribution is 2.39. The van der Waals surface area contributed by atoms with Crippen molar-refractivity contribution >= 4 is 69.1 Å². The number of nitrogens with one attached hydrogen (secondary N) is 2. The second-order valence-corrected chi connectivity index (χ2v) is 23.8. The van der Waals surface area contributed by atoms with Crippen LogP contribution in [0.3, 0.4) is 0 Å². The maximum Gasteiger partial charge on any atom is 0.414 e. The summed E-state index contributed by atoms with van der Waals surface area (Å²) in [5.74, 6) is -0.295. The highest BCUT2D eigenvalue weighted by molar-refractivity contribution is 6.13. The lowest BCUT2D eigenvalue weighted by Gasteiger charge is -2.47. The standard InChI is InChI=1S/2C30H40N4O5/c2*1-8-9-20-12-24-26(32-14-20)25(27(38-24)33-28(36)39-29(4,5)6)23(35)13-21-15-31-11-10-22(21)34-16-18(2)30(7,37)19(3)17-34/h2*10-12,14-15,18-19,37H,8-9,13,16-17H2,1-7H3,(H,33,36)/t2*18-,19+,30?. The van der Waals surface area contributed by atoms with Gasteiger partial charge in [0, 0.05) is 122 Å². The Morgan fingerprint density at radius 3 is 1.28 bits per heavy atom. The zero-order valence-corrected chi connectivity index (χ0v) is 48.0. The van der Waals surface area contributed by atoms with E-state index in [1.807, 2.05) is 65.8 Å². The Morgan fingerprint density at radius 1 is 0.615 bits per heavy atom. The molecule has 0 aliphatic carbocycles. The second kappa shape index (κ2) is 23.6. The molecule has 420 valence electrons. The highest BCUT2D eigenvalue weighted by Gasteiger charge is 2.42. The fourth-order valence-electron chi connectivity index (χ4n) is 10.2. The van der Waals surface area contributed by atoms with Gasteiger partial charge in [0.2, 0.25) is 11.8 Å². The molecule has 0 aromatic carbocycles. The molecule has 2 amide bonds. The van der Waals surface area contributed by atoms with Crippen molar-refractivity contribution in [1.82, 2.24) is 19.9 Å². The number of anilines is 4. The number of aliphatic hydroxyl groups is 2. The summed E-state index contributed by atoms with van der Waals surface area (Å²) in [5, 5.41) is 27.0. The molecule has 78 heavy (non-hydrogen) atoms. The number of furan rings is 2. The maximum atomic E-state index is 13.9. The summed E-state index contributed by atoms with van der Waals surface area (Å²) in [6.07, 6.45) is 12.5. The number of carbonyl (C=O) groups is 4. The molecule has 2 saturated heterocycles. The number of piperidine rings is 2. The SMILES string of the molecule is CCCc1cnc2c(C(=O)Cc3cnccc3N3C[C@@H](C)C(C)(O)[C@@H](C)C3)c(NC(=O)OC(C)(C)C)oc2c1.CCCc1cnc2c(C(=O)Cc3cnccc3N3C[C@@H](C)C(C)(O)[C@@H](C)C3)c(NC(=O)OC(C)(C)C)oc2c1. The third kappa shape index (κ3) is 13.7. The van der Waals surface area contributed by atoms with Gasteiger partial charge in [-0.1, -0.05) is 54.4 Å². The molecule has 6 aromatic rings. The van der Waals surface area contributed by atoms with Gasteiger partial charge in [-0.15, -0.1) is 0 Å². The Morgan fingerprint density at radius 2 is 0.962 bits per heavy atom. The summed E-state index contributed by atoms with van der Waals surface area (Å²) in [6.45, 7) is 29.3. The number of pyridine rings is 4. The van der Waals surface area contributed by atoms with Crippen molar-refractivity contribution in [2.45, 2.75) is 158 Å². The summed E-state index contributed by atoms with van der Waals surface area (Å²) in [6, 6.07) is 7.54. The summed E-state index contributed by atoms with van der Waals surface area (Å²) < 4.78 is 22.8. The first-order valence-corrected chi connectivity index (χ1v) is 27.3. The minimum Gasteiger partial charge on any atom is -0.444 e. The first-order chi connectivity index (χ1) is 36.6. The number of aromatic nitrogens is 4.